The van der Waals surface area contributed by atoms with E-state index < -0.39 is 0 Å². The Labute approximate surface area is 188 Å². The first kappa shape index (κ1) is 22.2. The number of allylic oxidation sites excluding steroid dienone is 5. The molecule has 156 valence electrons. The molecule has 0 unspecified atom stereocenters. The lowest BCUT2D eigenvalue weighted by atomic mass is 9.95. The first-order valence-electron chi connectivity index (χ1n) is 10.3. The van der Waals surface area contributed by atoms with Crippen molar-refractivity contribution in [3.05, 3.63) is 100 Å². The molecule has 1 aliphatic heterocycles. The maximum absolute atomic E-state index is 9.78. The van der Waals surface area contributed by atoms with Gasteiger partial charge in [-0.3, -0.25) is 0 Å². The zero-order chi connectivity index (χ0) is 22.8. The summed E-state index contributed by atoms with van der Waals surface area (Å²) < 4.78 is 5.70. The highest BCUT2D eigenvalue weighted by atomic mass is 16.5. The number of benzene rings is 2. The fourth-order valence-corrected chi connectivity index (χ4v) is 3.15. The standard InChI is InChI=1S/C27H22N4O/c1-2-3-15-32-24-13-10-20(11-14-24)9-12-22-16-26(21-7-5-4-6-8-21)31-27(25(22)19-30)23(17-28)18-29/h4-14,16,31H,2-3,15H2,1H3/b12-9+. The minimum Gasteiger partial charge on any atom is -0.494 e. The molecule has 0 spiro atoms. The molecular weight excluding hydrogens is 396 g/mol. The molecule has 3 rings (SSSR count). The van der Waals surface area contributed by atoms with E-state index in [2.05, 4.69) is 18.3 Å². The Morgan fingerprint density at radius 3 is 2.31 bits per heavy atom. The van der Waals surface area contributed by atoms with Crippen LogP contribution in [0.3, 0.4) is 0 Å². The van der Waals surface area contributed by atoms with E-state index in [1.807, 2.05) is 85.0 Å². The van der Waals surface area contributed by atoms with E-state index in [1.165, 1.54) is 0 Å². The zero-order valence-corrected chi connectivity index (χ0v) is 17.8. The summed E-state index contributed by atoms with van der Waals surface area (Å²) in [6.45, 7) is 2.82. The van der Waals surface area contributed by atoms with Crippen molar-refractivity contribution in [1.82, 2.24) is 5.32 Å². The van der Waals surface area contributed by atoms with Gasteiger partial charge in [-0.05, 0) is 41.3 Å². The molecule has 1 heterocycles. The van der Waals surface area contributed by atoms with Gasteiger partial charge in [-0.15, -0.1) is 0 Å². The van der Waals surface area contributed by atoms with E-state index in [-0.39, 0.29) is 16.8 Å². The molecule has 0 fully saturated rings. The normalized spacial score (nSPS) is 12.9. The second kappa shape index (κ2) is 11.0. The molecule has 1 aliphatic rings. The van der Waals surface area contributed by atoms with Gasteiger partial charge >= 0.3 is 0 Å². The van der Waals surface area contributed by atoms with Gasteiger partial charge in [0.25, 0.3) is 0 Å². The third kappa shape index (κ3) is 5.33. The summed E-state index contributed by atoms with van der Waals surface area (Å²) in [5.74, 6) is 0.818. The minimum atomic E-state index is -0.137. The number of nitriles is 3. The molecule has 0 aromatic heterocycles. The Morgan fingerprint density at radius 1 is 0.969 bits per heavy atom. The maximum atomic E-state index is 9.78. The molecule has 0 radical (unpaired) electrons. The smallest absolute Gasteiger partial charge is 0.154 e. The van der Waals surface area contributed by atoms with E-state index in [4.69, 9.17) is 4.74 Å². The number of rotatable bonds is 7. The van der Waals surface area contributed by atoms with Crippen LogP contribution in [0.4, 0.5) is 0 Å². The van der Waals surface area contributed by atoms with Crippen LogP contribution in [0.25, 0.3) is 11.8 Å². The van der Waals surface area contributed by atoms with E-state index >= 15 is 0 Å². The molecule has 2 aromatic carbocycles. The van der Waals surface area contributed by atoms with Gasteiger partial charge < -0.3 is 10.1 Å². The Balaban J connectivity index is 1.98. The Morgan fingerprint density at radius 2 is 1.69 bits per heavy atom. The van der Waals surface area contributed by atoms with Crippen LogP contribution in [-0.4, -0.2) is 6.61 Å². The van der Waals surface area contributed by atoms with Crippen LogP contribution in [0.2, 0.25) is 0 Å². The highest BCUT2D eigenvalue weighted by Crippen LogP contribution is 2.29. The fourth-order valence-electron chi connectivity index (χ4n) is 3.15. The zero-order valence-electron chi connectivity index (χ0n) is 17.8. The number of unbranched alkanes of at least 4 members (excludes halogenated alkanes) is 1. The molecule has 1 N–H and O–H groups in total. The lowest BCUT2D eigenvalue weighted by molar-refractivity contribution is 0.309. The number of nitrogens with zero attached hydrogens (tertiary/aromatic N) is 3. The van der Waals surface area contributed by atoms with Gasteiger partial charge in [0.05, 0.1) is 17.9 Å². The molecule has 0 bridgehead atoms. The van der Waals surface area contributed by atoms with Gasteiger partial charge in [0, 0.05) is 5.70 Å². The van der Waals surface area contributed by atoms with Crippen LogP contribution in [-0.2, 0) is 0 Å². The Kier molecular flexibility index (Phi) is 7.63. The average Bonchev–Trinajstić information content (AvgIpc) is 2.84. The average molecular weight is 419 g/mol. The van der Waals surface area contributed by atoms with Crippen LogP contribution in [0.1, 0.15) is 30.9 Å². The van der Waals surface area contributed by atoms with Crippen molar-refractivity contribution in [2.75, 3.05) is 6.61 Å². The summed E-state index contributed by atoms with van der Waals surface area (Å²) in [7, 11) is 0. The number of ether oxygens (including phenoxy) is 1. The number of dihydropyridines is 1. The quantitative estimate of drug-likeness (QED) is 0.464. The lowest BCUT2D eigenvalue weighted by Crippen LogP contribution is -2.20. The maximum Gasteiger partial charge on any atom is 0.154 e. The van der Waals surface area contributed by atoms with Gasteiger partial charge in [0.15, 0.2) is 5.57 Å². The summed E-state index contributed by atoms with van der Waals surface area (Å²) in [5, 5.41) is 31.7. The number of hydrogen-bond donors (Lipinski definition) is 1. The lowest BCUT2D eigenvalue weighted by Gasteiger charge is -2.20. The van der Waals surface area contributed by atoms with Crippen molar-refractivity contribution >= 4 is 11.8 Å². The topological polar surface area (TPSA) is 92.6 Å². The fraction of sp³-hybridized carbons (Fsp3) is 0.148. The summed E-state index contributed by atoms with van der Waals surface area (Å²) in [4.78, 5) is 0. The second-order valence-electron chi connectivity index (χ2n) is 7.07. The van der Waals surface area contributed by atoms with Crippen LogP contribution in [0, 0.1) is 34.0 Å². The van der Waals surface area contributed by atoms with Crippen LogP contribution < -0.4 is 10.1 Å². The predicted octanol–water partition coefficient (Wildman–Crippen LogP) is 5.64. The molecule has 32 heavy (non-hydrogen) atoms. The molecule has 0 aliphatic carbocycles. The molecule has 0 saturated heterocycles. The van der Waals surface area contributed by atoms with Crippen molar-refractivity contribution in [3.8, 4) is 24.0 Å². The third-order valence-corrected chi connectivity index (χ3v) is 4.87. The molecule has 5 nitrogen and oxygen atoms in total. The van der Waals surface area contributed by atoms with Crippen LogP contribution in [0.5, 0.6) is 5.75 Å². The molecule has 2 aromatic rings. The van der Waals surface area contributed by atoms with Gasteiger partial charge in [-0.25, -0.2) is 0 Å². The predicted molar refractivity (Wildman–Crippen MR) is 124 cm³/mol. The van der Waals surface area contributed by atoms with Gasteiger partial charge in [0.2, 0.25) is 0 Å². The summed E-state index contributed by atoms with van der Waals surface area (Å²) >= 11 is 0. The largest absolute Gasteiger partial charge is 0.494 e. The van der Waals surface area contributed by atoms with Crippen molar-refractivity contribution in [3.63, 3.8) is 0 Å². The van der Waals surface area contributed by atoms with Crippen molar-refractivity contribution in [2.24, 2.45) is 0 Å². The summed E-state index contributed by atoms with van der Waals surface area (Å²) in [5.41, 5.74) is 3.49. The van der Waals surface area contributed by atoms with Crippen molar-refractivity contribution in [2.45, 2.75) is 19.8 Å². The first-order chi connectivity index (χ1) is 15.7. The highest BCUT2D eigenvalue weighted by molar-refractivity contribution is 5.78. The van der Waals surface area contributed by atoms with Gasteiger partial charge in [-0.1, -0.05) is 68.0 Å². The Bertz CT molecular complexity index is 1200. The van der Waals surface area contributed by atoms with E-state index in [9.17, 15) is 15.8 Å². The summed E-state index contributed by atoms with van der Waals surface area (Å²) in [6, 6.07) is 23.2. The number of nitrogens with one attached hydrogen (secondary N) is 1. The van der Waals surface area contributed by atoms with Crippen molar-refractivity contribution < 1.29 is 4.74 Å². The highest BCUT2D eigenvalue weighted by Gasteiger charge is 2.21. The van der Waals surface area contributed by atoms with E-state index in [1.54, 1.807) is 0 Å². The molecular formula is C27H22N4O. The summed E-state index contributed by atoms with van der Waals surface area (Å²) in [6.07, 6.45) is 7.66. The second-order valence-corrected chi connectivity index (χ2v) is 7.07. The first-order valence-corrected chi connectivity index (χ1v) is 10.3. The van der Waals surface area contributed by atoms with Gasteiger partial charge in [-0.2, -0.15) is 15.8 Å². The number of hydrogen-bond acceptors (Lipinski definition) is 5. The molecule has 0 amide bonds. The SMILES string of the molecule is CCCCOc1ccc(/C=C/C2=C(C#N)C(=C(C#N)C#N)NC(c3ccccc3)=C2)cc1. The van der Waals surface area contributed by atoms with Crippen LogP contribution in [0.15, 0.2) is 89.2 Å². The van der Waals surface area contributed by atoms with Gasteiger partial charge in [0.1, 0.15) is 24.0 Å². The molecule has 0 atom stereocenters. The monoisotopic (exact) mass is 418 g/mol. The molecule has 0 saturated carbocycles. The minimum absolute atomic E-state index is 0.137. The van der Waals surface area contributed by atoms with E-state index in [0.717, 1.165) is 29.7 Å². The Hall–Kier alpha value is -4.53. The van der Waals surface area contributed by atoms with E-state index in [0.29, 0.717) is 17.9 Å². The van der Waals surface area contributed by atoms with Crippen molar-refractivity contribution in [1.29, 1.82) is 15.8 Å². The molecule has 5 heteroatoms. The van der Waals surface area contributed by atoms with Crippen LogP contribution >= 0.6 is 0 Å². The third-order valence-electron chi connectivity index (χ3n) is 4.87.